The summed E-state index contributed by atoms with van der Waals surface area (Å²) in [6, 6.07) is 24.2. The van der Waals surface area contributed by atoms with E-state index in [1.54, 1.807) is 12.1 Å². The van der Waals surface area contributed by atoms with Crippen molar-refractivity contribution in [1.82, 2.24) is 5.32 Å². The first kappa shape index (κ1) is 19.2. The number of carbonyl (C=O) groups is 2. The predicted molar refractivity (Wildman–Crippen MR) is 109 cm³/mol. The number of rotatable bonds is 7. The molecule has 0 heterocycles. The second-order valence-corrected chi connectivity index (χ2v) is 6.40. The van der Waals surface area contributed by atoms with Crippen LogP contribution in [-0.2, 0) is 16.0 Å². The van der Waals surface area contributed by atoms with Crippen LogP contribution in [-0.4, -0.2) is 18.4 Å². The lowest BCUT2D eigenvalue weighted by molar-refractivity contribution is -0.123. The summed E-state index contributed by atoms with van der Waals surface area (Å²) in [7, 11) is 0. The van der Waals surface area contributed by atoms with Crippen molar-refractivity contribution in [2.45, 2.75) is 13.3 Å². The summed E-state index contributed by atoms with van der Waals surface area (Å²) in [6.45, 7) is 1.87. The van der Waals surface area contributed by atoms with Crippen molar-refractivity contribution < 1.29 is 14.3 Å². The monoisotopic (exact) mass is 374 g/mol. The van der Waals surface area contributed by atoms with Gasteiger partial charge in [-0.05, 0) is 36.8 Å². The zero-order valence-electron chi connectivity index (χ0n) is 15.6. The van der Waals surface area contributed by atoms with Crippen LogP contribution >= 0.6 is 0 Å². The average Bonchev–Trinajstić information content (AvgIpc) is 2.69. The summed E-state index contributed by atoms with van der Waals surface area (Å²) >= 11 is 0. The van der Waals surface area contributed by atoms with Gasteiger partial charge in [-0.25, -0.2) is 0 Å². The van der Waals surface area contributed by atoms with Gasteiger partial charge < -0.3 is 15.4 Å². The van der Waals surface area contributed by atoms with Gasteiger partial charge in [-0.3, -0.25) is 9.59 Å². The summed E-state index contributed by atoms with van der Waals surface area (Å²) in [4.78, 5) is 24.3. The van der Waals surface area contributed by atoms with Gasteiger partial charge in [0, 0.05) is 0 Å². The molecule has 2 amide bonds. The van der Waals surface area contributed by atoms with E-state index in [2.05, 4.69) is 10.6 Å². The fraction of sp³-hybridized carbons (Fsp3) is 0.130. The SMILES string of the molecule is Cc1cccc(CC(=O)NCC(=O)Nc2ccccc2Oc2ccccc2)c1. The molecule has 0 saturated heterocycles. The van der Waals surface area contributed by atoms with E-state index < -0.39 is 0 Å². The number of benzene rings is 3. The smallest absolute Gasteiger partial charge is 0.243 e. The Balaban J connectivity index is 1.54. The Kier molecular flexibility index (Phi) is 6.41. The number of amides is 2. The molecule has 2 N–H and O–H groups in total. The number of hydrogen-bond donors (Lipinski definition) is 2. The molecular formula is C23H22N2O3. The average molecular weight is 374 g/mol. The van der Waals surface area contributed by atoms with Gasteiger partial charge in [0.1, 0.15) is 5.75 Å². The standard InChI is InChI=1S/C23H22N2O3/c1-17-8-7-9-18(14-17)15-22(26)24-16-23(27)25-20-12-5-6-13-21(20)28-19-10-3-2-4-11-19/h2-14H,15-16H2,1H3,(H,24,26)(H,25,27). The van der Waals surface area contributed by atoms with Gasteiger partial charge in [0.05, 0.1) is 18.7 Å². The van der Waals surface area contributed by atoms with Crippen LogP contribution in [0.5, 0.6) is 11.5 Å². The highest BCUT2D eigenvalue weighted by Crippen LogP contribution is 2.28. The summed E-state index contributed by atoms with van der Waals surface area (Å²) < 4.78 is 5.82. The highest BCUT2D eigenvalue weighted by Gasteiger charge is 2.10. The van der Waals surface area contributed by atoms with Crippen molar-refractivity contribution in [3.63, 3.8) is 0 Å². The van der Waals surface area contributed by atoms with E-state index in [1.165, 1.54) is 0 Å². The molecule has 5 heteroatoms. The lowest BCUT2D eigenvalue weighted by Gasteiger charge is -2.12. The molecule has 0 spiro atoms. The highest BCUT2D eigenvalue weighted by atomic mass is 16.5. The van der Waals surface area contributed by atoms with E-state index in [1.807, 2.05) is 73.7 Å². The van der Waals surface area contributed by atoms with E-state index in [4.69, 9.17) is 4.74 Å². The molecule has 3 rings (SSSR count). The van der Waals surface area contributed by atoms with E-state index in [-0.39, 0.29) is 24.8 Å². The highest BCUT2D eigenvalue weighted by molar-refractivity contribution is 5.95. The normalized spacial score (nSPS) is 10.2. The second-order valence-electron chi connectivity index (χ2n) is 6.40. The zero-order chi connectivity index (χ0) is 19.8. The number of hydrogen-bond acceptors (Lipinski definition) is 3. The summed E-state index contributed by atoms with van der Waals surface area (Å²) in [6.07, 6.45) is 0.239. The summed E-state index contributed by atoms with van der Waals surface area (Å²) in [5, 5.41) is 5.43. The van der Waals surface area contributed by atoms with Crippen LogP contribution in [0, 0.1) is 6.92 Å². The van der Waals surface area contributed by atoms with Crippen molar-refractivity contribution in [3.8, 4) is 11.5 Å². The Morgan fingerprint density at radius 2 is 1.61 bits per heavy atom. The van der Waals surface area contributed by atoms with Gasteiger partial charge in [-0.15, -0.1) is 0 Å². The molecule has 5 nitrogen and oxygen atoms in total. The Morgan fingerprint density at radius 1 is 0.857 bits per heavy atom. The minimum absolute atomic E-state index is 0.107. The van der Waals surface area contributed by atoms with Gasteiger partial charge in [0.25, 0.3) is 0 Å². The third kappa shape index (κ3) is 5.71. The first-order chi connectivity index (χ1) is 13.6. The Bertz CT molecular complexity index is 955. The van der Waals surface area contributed by atoms with Crippen LogP contribution in [0.1, 0.15) is 11.1 Å². The van der Waals surface area contributed by atoms with E-state index in [0.29, 0.717) is 17.2 Å². The van der Waals surface area contributed by atoms with E-state index >= 15 is 0 Å². The van der Waals surface area contributed by atoms with Crippen molar-refractivity contribution in [1.29, 1.82) is 0 Å². The largest absolute Gasteiger partial charge is 0.455 e. The Morgan fingerprint density at radius 3 is 2.39 bits per heavy atom. The molecule has 3 aromatic carbocycles. The lowest BCUT2D eigenvalue weighted by atomic mass is 10.1. The minimum Gasteiger partial charge on any atom is -0.455 e. The fourth-order valence-electron chi connectivity index (χ4n) is 2.72. The molecule has 28 heavy (non-hydrogen) atoms. The van der Waals surface area contributed by atoms with Crippen LogP contribution in [0.4, 0.5) is 5.69 Å². The number of carbonyl (C=O) groups excluding carboxylic acids is 2. The van der Waals surface area contributed by atoms with Crippen LogP contribution < -0.4 is 15.4 Å². The molecule has 0 fully saturated rings. The molecule has 142 valence electrons. The maximum Gasteiger partial charge on any atom is 0.243 e. The molecule has 0 saturated carbocycles. The van der Waals surface area contributed by atoms with E-state index in [9.17, 15) is 9.59 Å². The molecule has 0 bridgehead atoms. The number of anilines is 1. The van der Waals surface area contributed by atoms with Gasteiger partial charge in [0.2, 0.25) is 11.8 Å². The molecular weight excluding hydrogens is 352 g/mol. The van der Waals surface area contributed by atoms with Crippen LogP contribution in [0.15, 0.2) is 78.9 Å². The van der Waals surface area contributed by atoms with Crippen LogP contribution in [0.25, 0.3) is 0 Å². The Hall–Kier alpha value is -3.60. The molecule has 3 aromatic rings. The van der Waals surface area contributed by atoms with Gasteiger partial charge in [0.15, 0.2) is 5.75 Å². The molecule has 0 aliphatic carbocycles. The van der Waals surface area contributed by atoms with Crippen LogP contribution in [0.3, 0.4) is 0 Å². The molecule has 0 unspecified atom stereocenters. The maximum atomic E-state index is 12.2. The third-order valence-electron chi connectivity index (χ3n) is 4.03. The summed E-state index contributed by atoms with van der Waals surface area (Å²) in [5.74, 6) is 0.695. The minimum atomic E-state index is -0.318. The number of ether oxygens (including phenoxy) is 1. The molecule has 0 aliphatic rings. The first-order valence-electron chi connectivity index (χ1n) is 9.04. The fourth-order valence-corrected chi connectivity index (χ4v) is 2.72. The van der Waals surface area contributed by atoms with Crippen molar-refractivity contribution >= 4 is 17.5 Å². The topological polar surface area (TPSA) is 67.4 Å². The lowest BCUT2D eigenvalue weighted by Crippen LogP contribution is -2.33. The van der Waals surface area contributed by atoms with Crippen molar-refractivity contribution in [2.75, 3.05) is 11.9 Å². The van der Waals surface area contributed by atoms with Gasteiger partial charge >= 0.3 is 0 Å². The zero-order valence-corrected chi connectivity index (χ0v) is 15.6. The number of para-hydroxylation sites is 3. The van der Waals surface area contributed by atoms with E-state index in [0.717, 1.165) is 11.1 Å². The van der Waals surface area contributed by atoms with Crippen molar-refractivity contribution in [2.24, 2.45) is 0 Å². The molecule has 0 radical (unpaired) electrons. The first-order valence-corrected chi connectivity index (χ1v) is 9.04. The second kappa shape index (κ2) is 9.37. The van der Waals surface area contributed by atoms with Gasteiger partial charge in [-0.2, -0.15) is 0 Å². The van der Waals surface area contributed by atoms with Gasteiger partial charge in [-0.1, -0.05) is 60.2 Å². The van der Waals surface area contributed by atoms with Crippen molar-refractivity contribution in [3.05, 3.63) is 90.0 Å². The molecule has 0 atom stereocenters. The number of aryl methyl sites for hydroxylation is 1. The summed E-state index contributed by atoms with van der Waals surface area (Å²) in [5.41, 5.74) is 2.56. The molecule has 0 aliphatic heterocycles. The third-order valence-corrected chi connectivity index (χ3v) is 4.03. The Labute approximate surface area is 164 Å². The number of nitrogens with one attached hydrogen (secondary N) is 2. The molecule has 0 aromatic heterocycles. The van der Waals surface area contributed by atoms with Crippen LogP contribution in [0.2, 0.25) is 0 Å². The predicted octanol–water partition coefficient (Wildman–Crippen LogP) is 4.08. The maximum absolute atomic E-state index is 12.2. The quantitative estimate of drug-likeness (QED) is 0.655.